The molecule has 0 aliphatic carbocycles. The first-order valence-corrected chi connectivity index (χ1v) is 10.5. The predicted molar refractivity (Wildman–Crippen MR) is 123 cm³/mol. The number of nitrogens with one attached hydrogen (secondary N) is 1. The third-order valence-corrected chi connectivity index (χ3v) is 5.54. The van der Waals surface area contributed by atoms with E-state index < -0.39 is 23.9 Å². The highest BCUT2D eigenvalue weighted by atomic mass is 32.1. The fourth-order valence-corrected chi connectivity index (χ4v) is 3.73. The lowest BCUT2D eigenvalue weighted by Gasteiger charge is -2.22. The molecule has 0 bridgehead atoms. The van der Waals surface area contributed by atoms with Gasteiger partial charge >= 0.3 is 11.9 Å². The fraction of sp³-hybridized carbons (Fsp3) is 0.261. The minimum absolute atomic E-state index is 0.162. The highest BCUT2D eigenvalue weighted by Gasteiger charge is 2.44. The van der Waals surface area contributed by atoms with Crippen molar-refractivity contribution in [1.82, 2.24) is 9.80 Å². The van der Waals surface area contributed by atoms with Crippen molar-refractivity contribution in [2.75, 3.05) is 26.1 Å². The summed E-state index contributed by atoms with van der Waals surface area (Å²) in [7, 11) is 2.52. The van der Waals surface area contributed by atoms with Crippen LogP contribution in [0.3, 0.4) is 0 Å². The van der Waals surface area contributed by atoms with E-state index in [1.54, 1.807) is 12.1 Å². The molecule has 1 atom stereocenters. The van der Waals surface area contributed by atoms with Crippen LogP contribution in [0, 0.1) is 0 Å². The van der Waals surface area contributed by atoms with E-state index in [0.29, 0.717) is 11.3 Å². The van der Waals surface area contributed by atoms with Gasteiger partial charge in [0.1, 0.15) is 12.6 Å². The maximum absolute atomic E-state index is 13.2. The monoisotopic (exact) mass is 469 g/mol. The number of ether oxygens (including phenoxy) is 2. The Labute approximate surface area is 196 Å². The Kier molecular flexibility index (Phi) is 7.73. The summed E-state index contributed by atoms with van der Waals surface area (Å²) < 4.78 is 9.38. The number of hydrogen-bond acceptors (Lipinski definition) is 7. The van der Waals surface area contributed by atoms with Gasteiger partial charge in [-0.15, -0.1) is 0 Å². The number of hydrogen-bond donors (Lipinski definition) is 1. The summed E-state index contributed by atoms with van der Waals surface area (Å²) in [6, 6.07) is 14.5. The van der Waals surface area contributed by atoms with Crippen molar-refractivity contribution >= 4 is 46.8 Å². The van der Waals surface area contributed by atoms with Gasteiger partial charge in [-0.1, -0.05) is 30.3 Å². The van der Waals surface area contributed by atoms with E-state index in [0.717, 1.165) is 5.56 Å². The van der Waals surface area contributed by atoms with Gasteiger partial charge in [-0.05, 0) is 42.0 Å². The minimum Gasteiger partial charge on any atom is -0.468 e. The molecule has 1 unspecified atom stereocenters. The number of anilines is 1. The molecule has 33 heavy (non-hydrogen) atoms. The van der Waals surface area contributed by atoms with Crippen LogP contribution in [0.5, 0.6) is 0 Å². The molecule has 1 heterocycles. The molecule has 10 heteroatoms. The van der Waals surface area contributed by atoms with Crippen molar-refractivity contribution < 1.29 is 28.7 Å². The van der Waals surface area contributed by atoms with Crippen molar-refractivity contribution in [3.8, 4) is 0 Å². The van der Waals surface area contributed by atoms with Crippen LogP contribution in [0.2, 0.25) is 0 Å². The molecular weight excluding hydrogens is 446 g/mol. The largest absolute Gasteiger partial charge is 0.468 e. The summed E-state index contributed by atoms with van der Waals surface area (Å²) in [4.78, 5) is 52.1. The quantitative estimate of drug-likeness (QED) is 0.462. The van der Waals surface area contributed by atoms with Crippen molar-refractivity contribution in [1.29, 1.82) is 0 Å². The molecule has 2 aromatic carbocycles. The molecular formula is C23H23N3O6S. The summed E-state index contributed by atoms with van der Waals surface area (Å²) in [5.74, 6) is -1.88. The molecule has 1 aliphatic heterocycles. The highest BCUT2D eigenvalue weighted by molar-refractivity contribution is 7.80. The number of amides is 2. The fourth-order valence-electron chi connectivity index (χ4n) is 3.38. The molecule has 0 saturated carbocycles. The molecule has 1 fully saturated rings. The molecule has 1 saturated heterocycles. The molecule has 3 rings (SSSR count). The minimum atomic E-state index is -0.949. The number of rotatable bonds is 8. The maximum Gasteiger partial charge on any atom is 0.337 e. The number of esters is 2. The Balaban J connectivity index is 1.74. The van der Waals surface area contributed by atoms with Crippen molar-refractivity contribution in [2.45, 2.75) is 19.0 Å². The maximum atomic E-state index is 13.2. The van der Waals surface area contributed by atoms with E-state index in [9.17, 15) is 19.2 Å². The average molecular weight is 470 g/mol. The molecule has 1 aliphatic rings. The normalized spacial score (nSPS) is 15.4. The molecule has 172 valence electrons. The van der Waals surface area contributed by atoms with Crippen LogP contribution in [0.15, 0.2) is 54.6 Å². The van der Waals surface area contributed by atoms with Crippen molar-refractivity contribution in [3.05, 3.63) is 65.7 Å². The van der Waals surface area contributed by atoms with Gasteiger partial charge in [-0.25, -0.2) is 4.79 Å². The third kappa shape index (κ3) is 5.72. The molecule has 1 N–H and O–H groups in total. The van der Waals surface area contributed by atoms with Gasteiger partial charge < -0.3 is 19.7 Å². The Bertz CT molecular complexity index is 1060. The molecule has 2 amide bonds. The summed E-state index contributed by atoms with van der Waals surface area (Å²) in [5.41, 5.74) is 1.65. The first kappa shape index (κ1) is 23.9. The topological polar surface area (TPSA) is 105 Å². The summed E-state index contributed by atoms with van der Waals surface area (Å²) in [5, 5.41) is 2.85. The Hall–Kier alpha value is -3.79. The Morgan fingerprint density at radius 2 is 1.67 bits per heavy atom. The second kappa shape index (κ2) is 10.7. The Morgan fingerprint density at radius 1 is 1.00 bits per heavy atom. The van der Waals surface area contributed by atoms with Crippen LogP contribution in [-0.2, 0) is 30.4 Å². The van der Waals surface area contributed by atoms with Gasteiger partial charge in [0.05, 0.1) is 32.7 Å². The van der Waals surface area contributed by atoms with Crippen LogP contribution >= 0.6 is 12.2 Å². The van der Waals surface area contributed by atoms with Gasteiger partial charge in [0.25, 0.3) is 5.91 Å². The lowest BCUT2D eigenvalue weighted by molar-refractivity contribution is -0.141. The number of nitrogens with zero attached hydrogens (tertiary/aromatic N) is 2. The van der Waals surface area contributed by atoms with Crippen LogP contribution < -0.4 is 5.32 Å². The van der Waals surface area contributed by atoms with E-state index in [4.69, 9.17) is 17.0 Å². The van der Waals surface area contributed by atoms with E-state index in [1.165, 1.54) is 36.2 Å². The zero-order valence-electron chi connectivity index (χ0n) is 18.1. The number of benzene rings is 2. The van der Waals surface area contributed by atoms with Gasteiger partial charge in [-0.2, -0.15) is 0 Å². The number of carbonyl (C=O) groups excluding carboxylic acids is 4. The second-order valence-corrected chi connectivity index (χ2v) is 7.60. The second-order valence-electron chi connectivity index (χ2n) is 7.23. The van der Waals surface area contributed by atoms with E-state index in [1.807, 2.05) is 30.3 Å². The summed E-state index contributed by atoms with van der Waals surface area (Å²) >= 11 is 5.46. The van der Waals surface area contributed by atoms with Gasteiger partial charge in [-0.3, -0.25) is 19.3 Å². The van der Waals surface area contributed by atoms with E-state index >= 15 is 0 Å². The molecule has 0 radical (unpaired) electrons. The Morgan fingerprint density at radius 3 is 2.27 bits per heavy atom. The van der Waals surface area contributed by atoms with Crippen LogP contribution in [0.25, 0.3) is 0 Å². The molecule has 2 aromatic rings. The smallest absolute Gasteiger partial charge is 0.337 e. The number of carbonyl (C=O) groups is 4. The highest BCUT2D eigenvalue weighted by Crippen LogP contribution is 2.24. The molecule has 0 spiro atoms. The predicted octanol–water partition coefficient (Wildman–Crippen LogP) is 1.97. The first-order valence-electron chi connectivity index (χ1n) is 10.0. The zero-order chi connectivity index (χ0) is 24.0. The van der Waals surface area contributed by atoms with Gasteiger partial charge in [0, 0.05) is 5.69 Å². The van der Waals surface area contributed by atoms with Gasteiger partial charge in [0.15, 0.2) is 5.11 Å². The first-order chi connectivity index (χ1) is 15.8. The number of thiocarbonyl (C=S) groups is 1. The molecule has 9 nitrogen and oxygen atoms in total. The zero-order valence-corrected chi connectivity index (χ0v) is 19.0. The van der Waals surface area contributed by atoms with Gasteiger partial charge in [0.2, 0.25) is 5.91 Å². The van der Waals surface area contributed by atoms with E-state index in [-0.39, 0.29) is 30.5 Å². The molecule has 0 aromatic heterocycles. The third-order valence-electron chi connectivity index (χ3n) is 5.08. The van der Waals surface area contributed by atoms with Crippen LogP contribution in [-0.4, -0.2) is 65.5 Å². The number of methoxy groups -OCH3 is 2. The van der Waals surface area contributed by atoms with E-state index in [2.05, 4.69) is 10.1 Å². The SMILES string of the molecule is COC(=O)CN1C(=S)N(Cc2ccccc2)C(=O)C1CC(=O)Nc1ccc(C(=O)OC)cc1. The summed E-state index contributed by atoms with van der Waals surface area (Å²) in [6.07, 6.45) is -0.222. The lowest BCUT2D eigenvalue weighted by Crippen LogP contribution is -2.41. The van der Waals surface area contributed by atoms with Crippen molar-refractivity contribution in [3.63, 3.8) is 0 Å². The summed E-state index contributed by atoms with van der Waals surface area (Å²) in [6.45, 7) is -0.0264. The van der Waals surface area contributed by atoms with Crippen LogP contribution in [0.1, 0.15) is 22.3 Å². The average Bonchev–Trinajstić information content (AvgIpc) is 3.03. The van der Waals surface area contributed by atoms with Crippen LogP contribution in [0.4, 0.5) is 5.69 Å². The lowest BCUT2D eigenvalue weighted by atomic mass is 10.1. The standard InChI is InChI=1S/C23H23N3O6S/c1-31-20(28)14-25-18(21(29)26(23(25)33)13-15-6-4-3-5-7-15)12-19(27)24-17-10-8-16(9-11-17)22(30)32-2/h3-11,18H,12-14H2,1-2H3,(H,24,27). The van der Waals surface area contributed by atoms with Crippen molar-refractivity contribution in [2.24, 2.45) is 0 Å².